The predicted molar refractivity (Wildman–Crippen MR) is 106 cm³/mol. The first-order valence-electron chi connectivity index (χ1n) is 8.98. The second-order valence-electron chi connectivity index (χ2n) is 6.26. The topological polar surface area (TPSA) is 165 Å². The largest absolute Gasteiger partial charge is 0.394 e. The van der Waals surface area contributed by atoms with Crippen LogP contribution in [0.2, 0.25) is 0 Å². The summed E-state index contributed by atoms with van der Waals surface area (Å²) in [5, 5.41) is 31.9. The molecule has 0 aliphatic carbocycles. The molecule has 1 aromatic carbocycles. The van der Waals surface area contributed by atoms with Gasteiger partial charge in [-0.2, -0.15) is 0 Å². The van der Waals surface area contributed by atoms with Crippen molar-refractivity contribution in [3.8, 4) is 0 Å². The Kier molecular flexibility index (Phi) is 12.1. The molecule has 8 N–H and O–H groups in total. The van der Waals surface area contributed by atoms with Gasteiger partial charge in [0.05, 0.1) is 45.7 Å². The van der Waals surface area contributed by atoms with Gasteiger partial charge in [0, 0.05) is 19.3 Å². The van der Waals surface area contributed by atoms with E-state index in [-0.39, 0.29) is 39.0 Å². The van der Waals surface area contributed by atoms with Gasteiger partial charge in [-0.15, -0.1) is 0 Å². The normalized spacial score (nSPS) is 14.3. The number of hydrogen-bond donors (Lipinski definition) is 6. The molecule has 0 saturated carbocycles. The van der Waals surface area contributed by atoms with E-state index in [0.717, 1.165) is 11.3 Å². The molecule has 28 heavy (non-hydrogen) atoms. The first kappa shape index (κ1) is 24.1. The number of nitrogens with one attached hydrogen (secondary N) is 1. The maximum absolute atomic E-state index is 9.95. The van der Waals surface area contributed by atoms with Crippen molar-refractivity contribution in [2.24, 2.45) is 16.5 Å². The van der Waals surface area contributed by atoms with Crippen LogP contribution in [0.4, 0.5) is 5.69 Å². The monoisotopic (exact) mass is 400 g/mol. The zero-order valence-electron chi connectivity index (χ0n) is 16.2. The summed E-state index contributed by atoms with van der Waals surface area (Å²) >= 11 is 0. The number of benzene rings is 1. The van der Waals surface area contributed by atoms with Gasteiger partial charge < -0.3 is 46.3 Å². The molecule has 0 aromatic heterocycles. The van der Waals surface area contributed by atoms with E-state index in [4.69, 9.17) is 30.8 Å². The van der Waals surface area contributed by atoms with Crippen LogP contribution in [0.1, 0.15) is 5.56 Å². The van der Waals surface area contributed by atoms with Crippen molar-refractivity contribution in [1.29, 1.82) is 0 Å². The van der Waals surface area contributed by atoms with Crippen LogP contribution in [0.15, 0.2) is 29.3 Å². The van der Waals surface area contributed by atoms with E-state index < -0.39 is 18.3 Å². The highest BCUT2D eigenvalue weighted by atomic mass is 16.5. The highest BCUT2D eigenvalue weighted by molar-refractivity contribution is 5.75. The number of nitrogens with two attached hydrogens (primary N) is 2. The first-order valence-corrected chi connectivity index (χ1v) is 8.98. The highest BCUT2D eigenvalue weighted by Gasteiger charge is 2.12. The van der Waals surface area contributed by atoms with Crippen molar-refractivity contribution < 1.29 is 29.5 Å². The van der Waals surface area contributed by atoms with Gasteiger partial charge in [0.2, 0.25) is 0 Å². The number of aliphatic hydroxyl groups is 3. The number of aliphatic hydroxyl groups excluding tert-OH is 3. The lowest BCUT2D eigenvalue weighted by atomic mass is 10.2. The van der Waals surface area contributed by atoms with Crippen LogP contribution in [-0.4, -0.2) is 86.3 Å². The fraction of sp³-hybridized carbons (Fsp3) is 0.611. The predicted octanol–water partition coefficient (Wildman–Crippen LogP) is -1.37. The maximum Gasteiger partial charge on any atom is 0.186 e. The molecule has 10 nitrogen and oxygen atoms in total. The van der Waals surface area contributed by atoms with E-state index in [1.165, 1.54) is 7.11 Å². The Morgan fingerprint density at radius 3 is 2.36 bits per heavy atom. The van der Waals surface area contributed by atoms with Crippen LogP contribution in [0.5, 0.6) is 0 Å². The van der Waals surface area contributed by atoms with Crippen molar-refractivity contribution >= 4 is 11.6 Å². The van der Waals surface area contributed by atoms with Gasteiger partial charge >= 0.3 is 0 Å². The molecule has 0 amide bonds. The third-order valence-electron chi connectivity index (χ3n) is 3.64. The van der Waals surface area contributed by atoms with Crippen molar-refractivity contribution in [2.75, 3.05) is 52.0 Å². The Balaban J connectivity index is 2.19. The first-order chi connectivity index (χ1) is 13.4. The third-order valence-corrected chi connectivity index (χ3v) is 3.64. The Morgan fingerprint density at radius 2 is 1.75 bits per heavy atom. The summed E-state index contributed by atoms with van der Waals surface area (Å²) in [4.78, 5) is 3.93. The third kappa shape index (κ3) is 11.0. The molecular formula is C18H32N4O6. The lowest BCUT2D eigenvalue weighted by molar-refractivity contribution is -0.0822. The molecule has 0 radical (unpaired) electrons. The van der Waals surface area contributed by atoms with Gasteiger partial charge in [0.15, 0.2) is 5.96 Å². The molecular weight excluding hydrogens is 368 g/mol. The van der Waals surface area contributed by atoms with Gasteiger partial charge in [0.1, 0.15) is 12.2 Å². The summed E-state index contributed by atoms with van der Waals surface area (Å²) in [7, 11) is 1.50. The molecule has 0 aliphatic heterocycles. The van der Waals surface area contributed by atoms with Crippen molar-refractivity contribution in [1.82, 2.24) is 0 Å². The van der Waals surface area contributed by atoms with Gasteiger partial charge in [0.25, 0.3) is 0 Å². The summed E-state index contributed by atoms with van der Waals surface area (Å²) in [6, 6.07) is 7.50. The number of methoxy groups -OCH3 is 1. The molecule has 10 heteroatoms. The second kappa shape index (κ2) is 14.1. The minimum Gasteiger partial charge on any atom is -0.394 e. The Hall–Kier alpha value is -1.95. The molecule has 0 bridgehead atoms. The molecule has 160 valence electrons. The summed E-state index contributed by atoms with van der Waals surface area (Å²) in [5.74, 6) is 0.0465. The second-order valence-corrected chi connectivity index (χ2v) is 6.26. The minimum atomic E-state index is -0.858. The fourth-order valence-electron chi connectivity index (χ4n) is 2.18. The van der Waals surface area contributed by atoms with Crippen LogP contribution >= 0.6 is 0 Å². The van der Waals surface area contributed by atoms with Crippen LogP contribution in [0.3, 0.4) is 0 Å². The molecule has 1 aromatic rings. The smallest absolute Gasteiger partial charge is 0.186 e. The number of ether oxygens (including phenoxy) is 3. The molecule has 0 saturated heterocycles. The number of anilines is 1. The molecule has 0 spiro atoms. The molecule has 0 heterocycles. The van der Waals surface area contributed by atoms with Crippen LogP contribution in [-0.2, 0) is 20.8 Å². The van der Waals surface area contributed by atoms with Crippen LogP contribution < -0.4 is 16.8 Å². The number of rotatable bonds is 15. The van der Waals surface area contributed by atoms with Gasteiger partial charge in [-0.25, -0.2) is 4.99 Å². The summed E-state index contributed by atoms with van der Waals surface area (Å²) in [6.07, 6.45) is -2.09. The standard InChI is InChI=1S/C18H32N4O6/c1-26-12-17(8-23)28-11-16(25)10-27-9-15(24)7-21-14-4-2-13(3-5-14)6-22-18(19)20/h2-5,15-17,21,23-25H,6-12H2,1H3,(H4,19,20,22). The Morgan fingerprint density at radius 1 is 1.07 bits per heavy atom. The molecule has 3 unspecified atom stereocenters. The molecule has 0 aliphatic rings. The molecule has 1 rings (SSSR count). The minimum absolute atomic E-state index is 0.00906. The SMILES string of the molecule is COCC(CO)OCC(O)COCC(O)CNc1ccc(CN=C(N)N)cc1. The zero-order chi connectivity index (χ0) is 20.8. The molecule has 0 fully saturated rings. The average molecular weight is 400 g/mol. The van der Waals surface area contributed by atoms with Gasteiger partial charge in [-0.1, -0.05) is 12.1 Å². The van der Waals surface area contributed by atoms with Crippen molar-refractivity contribution in [3.05, 3.63) is 29.8 Å². The summed E-state index contributed by atoms with van der Waals surface area (Å²) < 4.78 is 15.5. The fourth-order valence-corrected chi connectivity index (χ4v) is 2.18. The Labute approximate surface area is 165 Å². The molecule has 3 atom stereocenters. The summed E-state index contributed by atoms with van der Waals surface area (Å²) in [6.45, 7) is 0.839. The van der Waals surface area contributed by atoms with Gasteiger partial charge in [-0.3, -0.25) is 0 Å². The van der Waals surface area contributed by atoms with Crippen molar-refractivity contribution in [3.63, 3.8) is 0 Å². The van der Waals surface area contributed by atoms with E-state index in [2.05, 4.69) is 10.3 Å². The van der Waals surface area contributed by atoms with Crippen LogP contribution in [0.25, 0.3) is 0 Å². The maximum atomic E-state index is 9.95. The zero-order valence-corrected chi connectivity index (χ0v) is 16.2. The van der Waals surface area contributed by atoms with E-state index in [0.29, 0.717) is 13.1 Å². The van der Waals surface area contributed by atoms with E-state index in [1.807, 2.05) is 24.3 Å². The highest BCUT2D eigenvalue weighted by Crippen LogP contribution is 2.10. The van der Waals surface area contributed by atoms with E-state index in [1.54, 1.807) is 0 Å². The quantitative estimate of drug-likeness (QED) is 0.154. The number of aliphatic imine (C=N–C) groups is 1. The van der Waals surface area contributed by atoms with Crippen LogP contribution in [0, 0.1) is 0 Å². The van der Waals surface area contributed by atoms with Gasteiger partial charge in [-0.05, 0) is 17.7 Å². The lowest BCUT2D eigenvalue weighted by Gasteiger charge is -2.18. The number of guanidine groups is 1. The number of hydrogen-bond acceptors (Lipinski definition) is 8. The summed E-state index contributed by atoms with van der Waals surface area (Å²) in [5.41, 5.74) is 12.4. The van der Waals surface area contributed by atoms with Crippen molar-refractivity contribution in [2.45, 2.75) is 24.9 Å². The van der Waals surface area contributed by atoms with E-state index in [9.17, 15) is 10.2 Å². The lowest BCUT2D eigenvalue weighted by Crippen LogP contribution is -2.32. The average Bonchev–Trinajstić information content (AvgIpc) is 2.68. The Bertz CT molecular complexity index is 554. The van der Waals surface area contributed by atoms with E-state index >= 15 is 0 Å². The number of nitrogens with zero attached hydrogens (tertiary/aromatic N) is 1.